The lowest BCUT2D eigenvalue weighted by molar-refractivity contribution is 0.102. The molecule has 9 nitrogen and oxygen atoms in total. The van der Waals surface area contributed by atoms with Gasteiger partial charge < -0.3 is 10.1 Å². The normalized spacial score (nSPS) is 11.6. The van der Waals surface area contributed by atoms with Crippen molar-refractivity contribution in [3.05, 3.63) is 59.4 Å². The van der Waals surface area contributed by atoms with Gasteiger partial charge >= 0.3 is 0 Å². The van der Waals surface area contributed by atoms with E-state index in [1.54, 1.807) is 44.5 Å². The van der Waals surface area contributed by atoms with Crippen LogP contribution < -0.4 is 10.1 Å². The Morgan fingerprint density at radius 3 is 2.33 bits per heavy atom. The van der Waals surface area contributed by atoms with Crippen molar-refractivity contribution < 1.29 is 17.9 Å². The van der Waals surface area contributed by atoms with E-state index in [1.807, 2.05) is 31.2 Å². The zero-order chi connectivity index (χ0) is 24.2. The summed E-state index contributed by atoms with van der Waals surface area (Å²) in [4.78, 5) is 12.9. The molecule has 1 heterocycles. The summed E-state index contributed by atoms with van der Waals surface area (Å²) in [6, 6.07) is 12.3. The van der Waals surface area contributed by atoms with Crippen molar-refractivity contribution in [2.45, 2.75) is 39.5 Å². The van der Waals surface area contributed by atoms with E-state index in [-0.39, 0.29) is 16.3 Å². The van der Waals surface area contributed by atoms with E-state index in [2.05, 4.69) is 15.6 Å². The quantitative estimate of drug-likeness (QED) is 0.511. The second-order valence-electron chi connectivity index (χ2n) is 7.41. The average Bonchev–Trinajstić information content (AvgIpc) is 3.17. The lowest BCUT2D eigenvalue weighted by Crippen LogP contribution is -2.31. The average molecular weight is 472 g/mol. The predicted molar refractivity (Wildman–Crippen MR) is 127 cm³/mol. The first-order chi connectivity index (χ1) is 15.7. The van der Waals surface area contributed by atoms with Gasteiger partial charge in [0.15, 0.2) is 5.69 Å². The van der Waals surface area contributed by atoms with Gasteiger partial charge in [0, 0.05) is 18.8 Å². The summed E-state index contributed by atoms with van der Waals surface area (Å²) in [6.45, 7) is 10.0. The predicted octanol–water partition coefficient (Wildman–Crippen LogP) is 3.57. The third-order valence-corrected chi connectivity index (χ3v) is 7.28. The van der Waals surface area contributed by atoms with Crippen LogP contribution in [0.4, 0.5) is 5.69 Å². The van der Waals surface area contributed by atoms with Crippen molar-refractivity contribution in [2.75, 3.05) is 25.0 Å². The first-order valence-electron chi connectivity index (χ1n) is 10.8. The van der Waals surface area contributed by atoms with Gasteiger partial charge in [0.2, 0.25) is 10.0 Å². The molecule has 0 saturated carbocycles. The molecule has 3 aromatic rings. The number of benzene rings is 2. The summed E-state index contributed by atoms with van der Waals surface area (Å²) in [6.07, 6.45) is 0. The fourth-order valence-corrected chi connectivity index (χ4v) is 5.04. The molecular weight excluding hydrogens is 442 g/mol. The van der Waals surface area contributed by atoms with E-state index in [4.69, 9.17) is 4.74 Å². The molecule has 0 atom stereocenters. The second kappa shape index (κ2) is 10.1. The number of hydrogen-bond acceptors (Lipinski definition) is 6. The number of aromatic nitrogens is 3. The third kappa shape index (κ3) is 5.07. The molecule has 1 aromatic heterocycles. The number of hydrogen-bond donors (Lipinski definition) is 1. The fraction of sp³-hybridized carbons (Fsp3) is 0.348. The summed E-state index contributed by atoms with van der Waals surface area (Å²) in [5, 5.41) is 10.9. The van der Waals surface area contributed by atoms with Gasteiger partial charge in [0.25, 0.3) is 5.91 Å². The Bertz CT molecular complexity index is 1230. The van der Waals surface area contributed by atoms with Crippen LogP contribution in [0.3, 0.4) is 0 Å². The van der Waals surface area contributed by atoms with Gasteiger partial charge in [-0.15, -0.1) is 5.10 Å². The van der Waals surface area contributed by atoms with Crippen LogP contribution in [0.25, 0.3) is 5.69 Å². The number of amides is 1. The molecule has 1 N–H and O–H groups in total. The number of anilines is 1. The summed E-state index contributed by atoms with van der Waals surface area (Å²) in [5.41, 5.74) is 2.94. The highest BCUT2D eigenvalue weighted by atomic mass is 32.2. The number of carbonyl (C=O) groups excluding carboxylic acids is 1. The maximum atomic E-state index is 13.1. The smallest absolute Gasteiger partial charge is 0.278 e. The standard InChI is InChI=1S/C23H29N5O4S/c1-6-27(7-2)33(30,31)21-15-18(11-14-20(21)32-8-3)24-23(29)22-17(5)28(26-25-22)19-12-9-16(4)10-13-19/h9-15H,6-8H2,1-5H3,(H,24,29). The lowest BCUT2D eigenvalue weighted by Gasteiger charge is -2.21. The van der Waals surface area contributed by atoms with Crippen LogP contribution in [0, 0.1) is 13.8 Å². The molecule has 1 amide bonds. The molecule has 0 bridgehead atoms. The van der Waals surface area contributed by atoms with E-state index in [1.165, 1.54) is 10.4 Å². The maximum Gasteiger partial charge on any atom is 0.278 e. The minimum Gasteiger partial charge on any atom is -0.492 e. The van der Waals surface area contributed by atoms with Crippen molar-refractivity contribution in [3.63, 3.8) is 0 Å². The Balaban J connectivity index is 1.92. The summed E-state index contributed by atoms with van der Waals surface area (Å²) >= 11 is 0. The Kier molecular flexibility index (Phi) is 7.50. The number of aryl methyl sites for hydroxylation is 1. The van der Waals surface area contributed by atoms with Crippen molar-refractivity contribution in [3.8, 4) is 11.4 Å². The molecule has 3 rings (SSSR count). The Morgan fingerprint density at radius 2 is 1.73 bits per heavy atom. The summed E-state index contributed by atoms with van der Waals surface area (Å²) in [7, 11) is -3.80. The van der Waals surface area contributed by atoms with Gasteiger partial charge in [-0.05, 0) is 51.1 Å². The second-order valence-corrected chi connectivity index (χ2v) is 9.32. The van der Waals surface area contributed by atoms with Gasteiger partial charge in [-0.3, -0.25) is 4.79 Å². The van der Waals surface area contributed by atoms with Crippen LogP contribution in [0.2, 0.25) is 0 Å². The molecule has 0 spiro atoms. The molecule has 10 heteroatoms. The van der Waals surface area contributed by atoms with Gasteiger partial charge in [0.1, 0.15) is 10.6 Å². The first-order valence-corrected chi connectivity index (χ1v) is 12.2. The Morgan fingerprint density at radius 1 is 1.06 bits per heavy atom. The number of carbonyl (C=O) groups is 1. The molecule has 0 aliphatic heterocycles. The van der Waals surface area contributed by atoms with Crippen LogP contribution in [-0.4, -0.2) is 53.3 Å². The molecule has 0 radical (unpaired) electrons. The Labute approximate surface area is 194 Å². The number of rotatable bonds is 9. The van der Waals surface area contributed by atoms with Gasteiger partial charge in [-0.2, -0.15) is 4.31 Å². The van der Waals surface area contributed by atoms with Crippen LogP contribution in [0.1, 0.15) is 42.5 Å². The van der Waals surface area contributed by atoms with E-state index in [9.17, 15) is 13.2 Å². The lowest BCUT2D eigenvalue weighted by atomic mass is 10.2. The van der Waals surface area contributed by atoms with Crippen LogP contribution in [0.15, 0.2) is 47.4 Å². The van der Waals surface area contributed by atoms with E-state index >= 15 is 0 Å². The minimum absolute atomic E-state index is 0.00545. The fourth-order valence-electron chi connectivity index (χ4n) is 3.43. The van der Waals surface area contributed by atoms with E-state index < -0.39 is 15.9 Å². The SMILES string of the molecule is CCOc1ccc(NC(=O)c2nnn(-c3ccc(C)cc3)c2C)cc1S(=O)(=O)N(CC)CC. The van der Waals surface area contributed by atoms with E-state index in [0.717, 1.165) is 11.3 Å². The number of ether oxygens (including phenoxy) is 1. The zero-order valence-corrected chi connectivity index (χ0v) is 20.3. The van der Waals surface area contributed by atoms with Crippen molar-refractivity contribution in [1.82, 2.24) is 19.3 Å². The molecule has 0 saturated heterocycles. The number of nitrogens with one attached hydrogen (secondary N) is 1. The third-order valence-electron chi connectivity index (χ3n) is 5.21. The van der Waals surface area contributed by atoms with Crippen LogP contribution >= 0.6 is 0 Å². The van der Waals surface area contributed by atoms with Crippen molar-refractivity contribution in [1.29, 1.82) is 0 Å². The molecular formula is C23H29N5O4S. The molecule has 33 heavy (non-hydrogen) atoms. The van der Waals surface area contributed by atoms with Crippen LogP contribution in [-0.2, 0) is 10.0 Å². The number of nitrogens with zero attached hydrogens (tertiary/aromatic N) is 4. The highest BCUT2D eigenvalue weighted by molar-refractivity contribution is 7.89. The highest BCUT2D eigenvalue weighted by Gasteiger charge is 2.27. The van der Waals surface area contributed by atoms with Gasteiger partial charge in [-0.25, -0.2) is 13.1 Å². The first kappa shape index (κ1) is 24.4. The molecule has 2 aromatic carbocycles. The highest BCUT2D eigenvalue weighted by Crippen LogP contribution is 2.30. The molecule has 0 aliphatic rings. The zero-order valence-electron chi connectivity index (χ0n) is 19.5. The Hall–Kier alpha value is -3.24. The monoisotopic (exact) mass is 471 g/mol. The molecule has 0 aliphatic carbocycles. The van der Waals surface area contributed by atoms with Crippen molar-refractivity contribution in [2.24, 2.45) is 0 Å². The van der Waals surface area contributed by atoms with Gasteiger partial charge in [-0.1, -0.05) is 36.8 Å². The molecule has 0 unspecified atom stereocenters. The van der Waals surface area contributed by atoms with Crippen LogP contribution in [0.5, 0.6) is 5.75 Å². The molecule has 176 valence electrons. The van der Waals surface area contributed by atoms with Gasteiger partial charge in [0.05, 0.1) is 18.0 Å². The largest absolute Gasteiger partial charge is 0.492 e. The molecule has 0 fully saturated rings. The minimum atomic E-state index is -3.80. The van der Waals surface area contributed by atoms with E-state index in [0.29, 0.717) is 31.1 Å². The number of sulfonamides is 1. The van der Waals surface area contributed by atoms with Crippen molar-refractivity contribution >= 4 is 21.6 Å². The topological polar surface area (TPSA) is 106 Å². The maximum absolute atomic E-state index is 13.1. The summed E-state index contributed by atoms with van der Waals surface area (Å²) < 4.78 is 34.8. The summed E-state index contributed by atoms with van der Waals surface area (Å²) in [5.74, 6) is -0.245.